The van der Waals surface area contributed by atoms with Crippen molar-refractivity contribution in [3.8, 4) is 11.3 Å². The van der Waals surface area contributed by atoms with Crippen LogP contribution < -0.4 is 0 Å². The van der Waals surface area contributed by atoms with Gasteiger partial charge < -0.3 is 43.3 Å². The lowest BCUT2D eigenvalue weighted by atomic mass is 9.72. The Balaban J connectivity index is 1.28. The summed E-state index contributed by atoms with van der Waals surface area (Å²) < 4.78 is 39.9. The van der Waals surface area contributed by atoms with Gasteiger partial charge in [-0.25, -0.2) is 14.8 Å². The van der Waals surface area contributed by atoms with Crippen molar-refractivity contribution < 1.29 is 48.0 Å². The number of hydrogen-bond acceptors (Lipinski definition) is 15. The van der Waals surface area contributed by atoms with Crippen LogP contribution in [-0.2, 0) is 44.7 Å². The van der Waals surface area contributed by atoms with E-state index in [2.05, 4.69) is 24.0 Å². The number of pyridine rings is 2. The number of rotatable bonds is 8. The Morgan fingerprint density at radius 3 is 2.57 bits per heavy atom. The third-order valence-electron chi connectivity index (χ3n) is 13.8. The highest BCUT2D eigenvalue weighted by molar-refractivity contribution is 6.32. The number of ether oxygens (including phenoxy) is 6. The van der Waals surface area contributed by atoms with Crippen LogP contribution in [0.4, 0.5) is 4.79 Å². The number of amides is 1. The number of aliphatic hydroxyl groups is 1. The summed E-state index contributed by atoms with van der Waals surface area (Å²) in [7, 11) is 3.86. The molecule has 7 heterocycles. The van der Waals surface area contributed by atoms with Crippen molar-refractivity contribution in [3.63, 3.8) is 0 Å². The van der Waals surface area contributed by atoms with Crippen molar-refractivity contribution in [2.24, 2.45) is 33.8 Å². The quantitative estimate of drug-likeness (QED) is 0.187. The zero-order valence-corrected chi connectivity index (χ0v) is 39.0. The van der Waals surface area contributed by atoms with Gasteiger partial charge in [-0.15, -0.1) is 0 Å². The van der Waals surface area contributed by atoms with Gasteiger partial charge in [-0.2, -0.15) is 0 Å². The van der Waals surface area contributed by atoms with E-state index in [0.717, 1.165) is 5.71 Å². The molecule has 63 heavy (non-hydrogen) atoms. The number of hydrogen-bond donors (Lipinski definition) is 1. The maximum atomic E-state index is 14.6. The summed E-state index contributed by atoms with van der Waals surface area (Å²) in [5.41, 5.74) is 1.02. The van der Waals surface area contributed by atoms with Gasteiger partial charge in [0.15, 0.2) is 18.5 Å². The van der Waals surface area contributed by atoms with Crippen LogP contribution in [-0.4, -0.2) is 149 Å². The van der Waals surface area contributed by atoms with Gasteiger partial charge in [0.25, 0.3) is 0 Å². The number of carbonyl (C=O) groups excluding carboxylic acids is 2. The van der Waals surface area contributed by atoms with Crippen LogP contribution in [0.3, 0.4) is 0 Å². The first-order chi connectivity index (χ1) is 29.9. The van der Waals surface area contributed by atoms with Crippen molar-refractivity contribution in [1.29, 1.82) is 0 Å². The van der Waals surface area contributed by atoms with E-state index in [1.165, 1.54) is 0 Å². The number of carbonyl (C=O) groups is 2. The highest BCUT2D eigenvalue weighted by atomic mass is 35.5. The molecule has 5 aliphatic heterocycles. The Morgan fingerprint density at radius 1 is 1.06 bits per heavy atom. The Kier molecular flexibility index (Phi) is 14.5. The maximum absolute atomic E-state index is 14.6. The summed E-state index contributed by atoms with van der Waals surface area (Å²) in [4.78, 5) is 51.9. The fourth-order valence-corrected chi connectivity index (χ4v) is 10.9. The molecule has 7 rings (SSSR count). The number of halogens is 1. The number of oxime groups is 1. The molecule has 0 aromatic carbocycles. The average Bonchev–Trinajstić information content (AvgIpc) is 3.39. The predicted molar refractivity (Wildman–Crippen MR) is 235 cm³/mol. The molecule has 346 valence electrons. The molecule has 0 saturated carbocycles. The zero-order chi connectivity index (χ0) is 45.4. The molecule has 2 aromatic rings. The Bertz CT molecular complexity index is 2020. The highest BCUT2D eigenvalue weighted by Crippen LogP contribution is 2.45. The Morgan fingerprint density at radius 2 is 1.84 bits per heavy atom. The van der Waals surface area contributed by atoms with Crippen molar-refractivity contribution >= 4 is 35.1 Å². The van der Waals surface area contributed by atoms with Crippen LogP contribution in [0.1, 0.15) is 80.3 Å². The van der Waals surface area contributed by atoms with E-state index in [1.54, 1.807) is 24.1 Å². The molecule has 2 aromatic heterocycles. The minimum Gasteiger partial charge on any atom is -0.458 e. The molecule has 0 radical (unpaired) electrons. The summed E-state index contributed by atoms with van der Waals surface area (Å²) in [6, 6.07) is 8.52. The molecule has 4 fully saturated rings. The second-order valence-corrected chi connectivity index (χ2v) is 19.0. The molecule has 17 heteroatoms. The fourth-order valence-electron chi connectivity index (χ4n) is 10.7. The van der Waals surface area contributed by atoms with E-state index in [-0.39, 0.29) is 43.8 Å². The molecule has 4 bridgehead atoms. The van der Waals surface area contributed by atoms with E-state index in [4.69, 9.17) is 54.8 Å². The molecular formula is C46H65ClN6O10. The lowest BCUT2D eigenvalue weighted by molar-refractivity contribution is -0.302. The Hall–Kier alpha value is -3.77. The SMILES string of the molecule is CC[C@H]1OC(=O)[C@@H](C)[C@H]2OCC(=NOCc3cccc(-c4cccnc4Cl)n3)CO[C@](C)(C[C@@H](C)C3=NCCN4C(=O)O[C@@]1(C)[C@H]4[C@H]3C)[C@H](O[C@H]1O[C@@H](C)C[C@@H](N(C)C)[C@@H]1O)[C@H]2C. The minimum atomic E-state index is -1.15. The highest BCUT2D eigenvalue weighted by Gasteiger charge is 2.60. The molecule has 0 spiro atoms. The normalized spacial score (nSPS) is 38.5. The number of aromatic nitrogens is 2. The fraction of sp³-hybridized carbons (Fsp3) is 0.696. The van der Waals surface area contributed by atoms with Crippen LogP contribution in [0.5, 0.6) is 0 Å². The number of nitrogens with zero attached hydrogens (tertiary/aromatic N) is 6. The van der Waals surface area contributed by atoms with Crippen molar-refractivity contribution in [3.05, 3.63) is 47.4 Å². The van der Waals surface area contributed by atoms with Gasteiger partial charge in [-0.05, 0) is 91.2 Å². The molecule has 5 aliphatic rings. The maximum Gasteiger partial charge on any atom is 0.410 e. The van der Waals surface area contributed by atoms with Gasteiger partial charge >= 0.3 is 12.1 Å². The van der Waals surface area contributed by atoms with E-state index in [9.17, 15) is 14.7 Å². The van der Waals surface area contributed by atoms with Gasteiger partial charge in [-0.1, -0.05) is 50.5 Å². The summed E-state index contributed by atoms with van der Waals surface area (Å²) >= 11 is 6.38. The molecule has 0 aliphatic carbocycles. The summed E-state index contributed by atoms with van der Waals surface area (Å²) in [6.45, 7) is 16.5. The van der Waals surface area contributed by atoms with Gasteiger partial charge in [0.1, 0.15) is 23.1 Å². The smallest absolute Gasteiger partial charge is 0.410 e. The minimum absolute atomic E-state index is 0.0122. The van der Waals surface area contributed by atoms with E-state index in [1.807, 2.05) is 77.9 Å². The molecule has 0 unspecified atom stereocenters. The third kappa shape index (κ3) is 9.64. The second-order valence-electron chi connectivity index (χ2n) is 18.7. The number of esters is 1. The van der Waals surface area contributed by atoms with Crippen molar-refractivity contribution in [2.75, 3.05) is 40.4 Å². The number of aliphatic hydroxyl groups excluding tert-OH is 1. The van der Waals surface area contributed by atoms with E-state index >= 15 is 0 Å². The lowest BCUT2D eigenvalue weighted by Gasteiger charge is -2.48. The largest absolute Gasteiger partial charge is 0.458 e. The number of aliphatic imine (C=N–C) groups is 1. The monoisotopic (exact) mass is 896 g/mol. The number of fused-ring (bicyclic) bond motifs is 4. The Labute approximate surface area is 376 Å². The van der Waals surface area contributed by atoms with Crippen LogP contribution in [0.2, 0.25) is 5.15 Å². The van der Waals surface area contributed by atoms with Crippen LogP contribution >= 0.6 is 11.6 Å². The number of cyclic esters (lactones) is 1. The van der Waals surface area contributed by atoms with Crippen LogP contribution in [0.15, 0.2) is 46.7 Å². The lowest BCUT2D eigenvalue weighted by Crippen LogP contribution is -2.60. The topological polar surface area (TPSA) is 176 Å². The first-order valence-electron chi connectivity index (χ1n) is 22.4. The summed E-state index contributed by atoms with van der Waals surface area (Å²) in [5.74, 6) is -2.36. The average molecular weight is 898 g/mol. The second kappa shape index (κ2) is 19.4. The summed E-state index contributed by atoms with van der Waals surface area (Å²) in [6.07, 6.45) is -2.00. The first kappa shape index (κ1) is 47.2. The van der Waals surface area contributed by atoms with E-state index in [0.29, 0.717) is 60.2 Å². The molecule has 4 saturated heterocycles. The number of likely N-dealkylation sites (N-methyl/N-ethyl adjacent to an activating group) is 1. The first-order valence-corrected chi connectivity index (χ1v) is 22.7. The van der Waals surface area contributed by atoms with Gasteiger partial charge in [0.05, 0.1) is 67.0 Å². The van der Waals surface area contributed by atoms with Gasteiger partial charge in [-0.3, -0.25) is 14.7 Å². The molecule has 1 amide bonds. The molecule has 14 atom stereocenters. The van der Waals surface area contributed by atoms with Crippen molar-refractivity contribution in [1.82, 2.24) is 19.8 Å². The van der Waals surface area contributed by atoms with Gasteiger partial charge in [0, 0.05) is 41.9 Å². The molecule has 1 N–H and O–H groups in total. The van der Waals surface area contributed by atoms with Crippen LogP contribution in [0.25, 0.3) is 11.3 Å². The third-order valence-corrected chi connectivity index (χ3v) is 14.1. The van der Waals surface area contributed by atoms with Gasteiger partial charge in [0.2, 0.25) is 0 Å². The zero-order valence-electron chi connectivity index (χ0n) is 38.2. The predicted octanol–water partition coefficient (Wildman–Crippen LogP) is 5.96. The molecule has 16 nitrogen and oxygen atoms in total. The summed E-state index contributed by atoms with van der Waals surface area (Å²) in [5, 5.41) is 16.7. The van der Waals surface area contributed by atoms with E-state index < -0.39 is 71.8 Å². The standard InChI is InChI=1S/C46H65ClN6O10/c1-11-35-46(8)39-27(4)36(48-18-19-53(39)44(56)63-46)25(2)21-45(7)40(62-43-37(54)34(52(9)10)20-26(3)60-43)28(5)38(29(6)42(55)61-35)57-22-31(23-58-45)51-59-24-30-14-12-16-33(50-30)32-15-13-17-49-41(32)47/h12-17,25-29,34-35,37-40,43,54H,11,18-24H2,1-10H3/t25-,26+,27+,28+,29+,34-,35-,37+,38+,39-,40-,43-,45-,46-/m1/s1. The van der Waals surface area contributed by atoms with Crippen molar-refractivity contribution in [2.45, 2.75) is 141 Å². The molecular weight excluding hydrogens is 832 g/mol. The van der Waals surface area contributed by atoms with Crippen LogP contribution in [0, 0.1) is 23.7 Å².